The van der Waals surface area contributed by atoms with Crippen molar-refractivity contribution in [2.24, 2.45) is 11.1 Å². The van der Waals surface area contributed by atoms with Crippen molar-refractivity contribution >= 4 is 5.91 Å². The van der Waals surface area contributed by atoms with E-state index in [1.54, 1.807) is 0 Å². The molecular weight excluding hydrogens is 284 g/mol. The number of aryl methyl sites for hydroxylation is 1. The molecule has 0 spiro atoms. The Labute approximate surface area is 140 Å². The molecule has 1 saturated carbocycles. The van der Waals surface area contributed by atoms with E-state index in [1.807, 2.05) is 0 Å². The summed E-state index contributed by atoms with van der Waals surface area (Å²) in [5.74, 6) is 0.322. The Morgan fingerprint density at radius 3 is 2.65 bits per heavy atom. The molecule has 1 amide bonds. The largest absolute Gasteiger partial charge is 0.336 e. The van der Waals surface area contributed by atoms with E-state index >= 15 is 0 Å². The van der Waals surface area contributed by atoms with Crippen molar-refractivity contribution in [3.05, 3.63) is 35.4 Å². The van der Waals surface area contributed by atoms with Crippen LogP contribution in [-0.2, 0) is 4.79 Å². The molecule has 1 aliphatic carbocycles. The van der Waals surface area contributed by atoms with Gasteiger partial charge in [0.1, 0.15) is 0 Å². The first-order valence-electron chi connectivity index (χ1n) is 9.20. The second kappa shape index (κ2) is 7.04. The maximum atomic E-state index is 13.0. The molecule has 0 bridgehead atoms. The quantitative estimate of drug-likeness (QED) is 0.914. The Morgan fingerprint density at radius 2 is 1.96 bits per heavy atom. The molecule has 1 aliphatic heterocycles. The van der Waals surface area contributed by atoms with Crippen molar-refractivity contribution in [2.45, 2.75) is 64.3 Å². The molecule has 3 heteroatoms. The van der Waals surface area contributed by atoms with E-state index in [-0.39, 0.29) is 11.5 Å². The van der Waals surface area contributed by atoms with E-state index in [0.29, 0.717) is 18.9 Å². The van der Waals surface area contributed by atoms with Gasteiger partial charge in [0.15, 0.2) is 0 Å². The van der Waals surface area contributed by atoms with E-state index in [1.165, 1.54) is 30.4 Å². The van der Waals surface area contributed by atoms with Crippen LogP contribution in [0.4, 0.5) is 0 Å². The van der Waals surface area contributed by atoms with Gasteiger partial charge in [0.2, 0.25) is 5.91 Å². The standard InChI is InChI=1S/C20H30N2O/c1-16-8-3-4-9-17(16)18-10-7-13-22(18)19(23)14-20(15-21)11-5-2-6-12-20/h3-4,8-9,18H,2,5-7,10-15,21H2,1H3. The minimum absolute atomic E-state index is 0.0637. The molecule has 1 aromatic rings. The number of benzene rings is 1. The van der Waals surface area contributed by atoms with Crippen molar-refractivity contribution in [1.29, 1.82) is 0 Å². The summed E-state index contributed by atoms with van der Waals surface area (Å²) in [6, 6.07) is 8.77. The molecule has 2 aliphatic rings. The summed E-state index contributed by atoms with van der Waals surface area (Å²) in [5, 5.41) is 0. The molecule has 126 valence electrons. The molecule has 1 aromatic carbocycles. The fourth-order valence-corrected chi connectivity index (χ4v) is 4.53. The van der Waals surface area contributed by atoms with Gasteiger partial charge in [0, 0.05) is 13.0 Å². The number of amides is 1. The third-order valence-corrected chi connectivity index (χ3v) is 5.99. The lowest BCUT2D eigenvalue weighted by atomic mass is 9.71. The van der Waals surface area contributed by atoms with E-state index in [0.717, 1.165) is 32.2 Å². The van der Waals surface area contributed by atoms with Crippen LogP contribution in [0.15, 0.2) is 24.3 Å². The second-order valence-corrected chi connectivity index (χ2v) is 7.54. The number of rotatable bonds is 4. The number of likely N-dealkylation sites (tertiary alicyclic amines) is 1. The minimum atomic E-state index is 0.0637. The lowest BCUT2D eigenvalue weighted by Gasteiger charge is -2.38. The molecule has 2 N–H and O–H groups in total. The summed E-state index contributed by atoms with van der Waals surface area (Å²) in [6.07, 6.45) is 8.84. The van der Waals surface area contributed by atoms with Crippen LogP contribution in [0.5, 0.6) is 0 Å². The average molecular weight is 314 g/mol. The summed E-state index contributed by atoms with van der Waals surface area (Å²) < 4.78 is 0. The Hall–Kier alpha value is -1.35. The van der Waals surface area contributed by atoms with Crippen LogP contribution in [-0.4, -0.2) is 23.9 Å². The minimum Gasteiger partial charge on any atom is -0.336 e. The monoisotopic (exact) mass is 314 g/mol. The smallest absolute Gasteiger partial charge is 0.223 e. The lowest BCUT2D eigenvalue weighted by molar-refractivity contribution is -0.135. The van der Waals surface area contributed by atoms with Gasteiger partial charge in [-0.25, -0.2) is 0 Å². The fourth-order valence-electron chi connectivity index (χ4n) is 4.53. The summed E-state index contributed by atoms with van der Waals surface area (Å²) in [4.78, 5) is 15.2. The Kier molecular flexibility index (Phi) is 5.05. The third-order valence-electron chi connectivity index (χ3n) is 5.99. The molecule has 3 nitrogen and oxygen atoms in total. The molecule has 1 heterocycles. The first-order chi connectivity index (χ1) is 11.2. The first-order valence-corrected chi connectivity index (χ1v) is 9.20. The summed E-state index contributed by atoms with van der Waals surface area (Å²) >= 11 is 0. The van der Waals surface area contributed by atoms with Crippen molar-refractivity contribution in [3.63, 3.8) is 0 Å². The molecule has 2 fully saturated rings. The van der Waals surface area contributed by atoms with Crippen molar-refractivity contribution in [3.8, 4) is 0 Å². The fraction of sp³-hybridized carbons (Fsp3) is 0.650. The number of carbonyl (C=O) groups is 1. The Balaban J connectivity index is 1.74. The van der Waals surface area contributed by atoms with E-state index in [9.17, 15) is 4.79 Å². The molecule has 1 saturated heterocycles. The molecule has 1 atom stereocenters. The number of nitrogens with two attached hydrogens (primary N) is 1. The van der Waals surface area contributed by atoms with Gasteiger partial charge in [0.25, 0.3) is 0 Å². The normalized spacial score (nSPS) is 23.9. The zero-order chi connectivity index (χ0) is 16.3. The Morgan fingerprint density at radius 1 is 1.22 bits per heavy atom. The second-order valence-electron chi connectivity index (χ2n) is 7.54. The van der Waals surface area contributed by atoms with E-state index < -0.39 is 0 Å². The Bertz CT molecular complexity index is 548. The summed E-state index contributed by atoms with van der Waals surface area (Å²) in [7, 11) is 0. The highest BCUT2D eigenvalue weighted by Crippen LogP contribution is 2.41. The van der Waals surface area contributed by atoms with Crippen LogP contribution in [0.3, 0.4) is 0 Å². The number of hydrogen-bond acceptors (Lipinski definition) is 2. The average Bonchev–Trinajstić information content (AvgIpc) is 3.05. The molecule has 23 heavy (non-hydrogen) atoms. The zero-order valence-electron chi connectivity index (χ0n) is 14.4. The van der Waals surface area contributed by atoms with Gasteiger partial charge in [-0.05, 0) is 55.7 Å². The SMILES string of the molecule is Cc1ccccc1C1CCCN1C(=O)CC1(CN)CCCCC1. The van der Waals surface area contributed by atoms with Crippen LogP contribution >= 0.6 is 0 Å². The van der Waals surface area contributed by atoms with Gasteiger partial charge in [0.05, 0.1) is 6.04 Å². The molecule has 0 radical (unpaired) electrons. The lowest BCUT2D eigenvalue weighted by Crippen LogP contribution is -2.40. The van der Waals surface area contributed by atoms with E-state index in [4.69, 9.17) is 5.73 Å². The number of hydrogen-bond donors (Lipinski definition) is 1. The molecule has 3 rings (SSSR count). The van der Waals surface area contributed by atoms with Crippen LogP contribution < -0.4 is 5.73 Å². The summed E-state index contributed by atoms with van der Waals surface area (Å²) in [6.45, 7) is 3.71. The van der Waals surface area contributed by atoms with Gasteiger partial charge in [-0.15, -0.1) is 0 Å². The van der Waals surface area contributed by atoms with Gasteiger partial charge in [-0.1, -0.05) is 43.5 Å². The predicted molar refractivity (Wildman–Crippen MR) is 94.1 cm³/mol. The maximum absolute atomic E-state index is 13.0. The van der Waals surface area contributed by atoms with Gasteiger partial charge in [-0.3, -0.25) is 4.79 Å². The van der Waals surface area contributed by atoms with Crippen molar-refractivity contribution in [1.82, 2.24) is 4.90 Å². The van der Waals surface area contributed by atoms with Crippen LogP contribution in [0.1, 0.15) is 68.5 Å². The highest BCUT2D eigenvalue weighted by Gasteiger charge is 2.37. The maximum Gasteiger partial charge on any atom is 0.223 e. The van der Waals surface area contributed by atoms with Crippen LogP contribution in [0.2, 0.25) is 0 Å². The third kappa shape index (κ3) is 3.45. The topological polar surface area (TPSA) is 46.3 Å². The van der Waals surface area contributed by atoms with Gasteiger partial charge < -0.3 is 10.6 Å². The predicted octanol–water partition coefficient (Wildman–Crippen LogP) is 3.96. The van der Waals surface area contributed by atoms with Crippen LogP contribution in [0, 0.1) is 12.3 Å². The number of carbonyl (C=O) groups excluding carboxylic acids is 1. The van der Waals surface area contributed by atoms with Crippen molar-refractivity contribution < 1.29 is 4.79 Å². The molecule has 1 unspecified atom stereocenters. The molecular formula is C20H30N2O. The highest BCUT2D eigenvalue weighted by atomic mass is 16.2. The van der Waals surface area contributed by atoms with Gasteiger partial charge in [-0.2, -0.15) is 0 Å². The zero-order valence-corrected chi connectivity index (χ0v) is 14.4. The summed E-state index contributed by atoms with van der Waals surface area (Å²) in [5.41, 5.74) is 8.77. The number of nitrogens with zero attached hydrogens (tertiary/aromatic N) is 1. The van der Waals surface area contributed by atoms with Crippen LogP contribution in [0.25, 0.3) is 0 Å². The van der Waals surface area contributed by atoms with Crippen molar-refractivity contribution in [2.75, 3.05) is 13.1 Å². The highest BCUT2D eigenvalue weighted by molar-refractivity contribution is 5.78. The van der Waals surface area contributed by atoms with E-state index in [2.05, 4.69) is 36.1 Å². The molecule has 0 aromatic heterocycles. The first kappa shape index (κ1) is 16.5. The van der Waals surface area contributed by atoms with Gasteiger partial charge >= 0.3 is 0 Å².